The molecule has 0 aliphatic heterocycles. The quantitative estimate of drug-likeness (QED) is 0.614. The number of nitrogen functional groups attached to an aromatic ring is 1. The van der Waals surface area contributed by atoms with E-state index in [2.05, 4.69) is 0 Å². The number of anilines is 1. The van der Waals surface area contributed by atoms with Crippen LogP contribution in [0.3, 0.4) is 0 Å². The number of methoxy groups -OCH3 is 1. The van der Waals surface area contributed by atoms with E-state index in [9.17, 15) is 5.11 Å². The van der Waals surface area contributed by atoms with Gasteiger partial charge in [0, 0.05) is 22.4 Å². The minimum Gasteiger partial charge on any atom is -0.496 e. The van der Waals surface area contributed by atoms with E-state index in [0.29, 0.717) is 5.69 Å². The first-order valence-electron chi connectivity index (χ1n) is 5.21. The molecule has 3 N–H and O–H groups in total. The highest BCUT2D eigenvalue weighted by Gasteiger charge is 2.12. The number of rotatable bonds is 5. The van der Waals surface area contributed by atoms with Gasteiger partial charge in [0.05, 0.1) is 12.7 Å². The van der Waals surface area contributed by atoms with Gasteiger partial charge in [-0.2, -0.15) is 0 Å². The highest BCUT2D eigenvalue weighted by molar-refractivity contribution is 7.99. The number of benzene rings is 1. The Balaban J connectivity index is 2.60. The van der Waals surface area contributed by atoms with Crippen LogP contribution in [-0.4, -0.2) is 23.6 Å². The molecule has 0 aliphatic rings. The van der Waals surface area contributed by atoms with Crippen molar-refractivity contribution in [3.05, 3.63) is 18.2 Å². The van der Waals surface area contributed by atoms with E-state index in [1.54, 1.807) is 18.9 Å². The predicted molar refractivity (Wildman–Crippen MR) is 69.0 cm³/mol. The summed E-state index contributed by atoms with van der Waals surface area (Å²) in [6.07, 6.45) is 0.741. The molecule has 0 fully saturated rings. The van der Waals surface area contributed by atoms with Crippen molar-refractivity contribution in [2.75, 3.05) is 18.6 Å². The van der Waals surface area contributed by atoms with Crippen LogP contribution >= 0.6 is 11.8 Å². The first kappa shape index (κ1) is 13.2. The number of ether oxygens (including phenoxy) is 1. The fourth-order valence-electron chi connectivity index (χ4n) is 1.21. The van der Waals surface area contributed by atoms with Crippen molar-refractivity contribution >= 4 is 17.4 Å². The third kappa shape index (κ3) is 4.33. The molecule has 0 aliphatic carbocycles. The van der Waals surface area contributed by atoms with Crippen molar-refractivity contribution in [1.29, 1.82) is 0 Å². The average molecular weight is 241 g/mol. The monoisotopic (exact) mass is 241 g/mol. The maximum Gasteiger partial charge on any atom is 0.134 e. The van der Waals surface area contributed by atoms with Crippen LogP contribution in [-0.2, 0) is 0 Å². The molecule has 0 atom stereocenters. The molecule has 0 saturated heterocycles. The minimum absolute atomic E-state index is 0.617. The Morgan fingerprint density at radius 3 is 2.69 bits per heavy atom. The molecular formula is C12H19NO2S. The molecule has 90 valence electrons. The second-order valence-corrected chi connectivity index (χ2v) is 5.46. The summed E-state index contributed by atoms with van der Waals surface area (Å²) < 4.78 is 5.25. The number of thioether (sulfide) groups is 1. The van der Waals surface area contributed by atoms with Crippen molar-refractivity contribution < 1.29 is 9.84 Å². The molecule has 0 bridgehead atoms. The largest absolute Gasteiger partial charge is 0.496 e. The summed E-state index contributed by atoms with van der Waals surface area (Å²) in [5.41, 5.74) is 5.75. The predicted octanol–water partition coefficient (Wildman–Crippen LogP) is 2.53. The number of hydrogen-bond donors (Lipinski definition) is 2. The topological polar surface area (TPSA) is 55.5 Å². The molecule has 0 radical (unpaired) electrons. The first-order valence-corrected chi connectivity index (χ1v) is 6.19. The summed E-state index contributed by atoms with van der Waals surface area (Å²) in [4.78, 5) is 1.06. The molecule has 0 amide bonds. The van der Waals surface area contributed by atoms with Gasteiger partial charge in [0.15, 0.2) is 0 Å². The van der Waals surface area contributed by atoms with E-state index in [1.807, 2.05) is 32.0 Å². The molecule has 1 aromatic carbocycles. The Labute approximate surface area is 101 Å². The van der Waals surface area contributed by atoms with Crippen molar-refractivity contribution in [2.24, 2.45) is 0 Å². The van der Waals surface area contributed by atoms with Crippen molar-refractivity contribution in [2.45, 2.75) is 30.8 Å². The van der Waals surface area contributed by atoms with Crippen LogP contribution in [0.1, 0.15) is 20.3 Å². The maximum atomic E-state index is 9.60. The van der Waals surface area contributed by atoms with Gasteiger partial charge in [0.1, 0.15) is 5.75 Å². The summed E-state index contributed by atoms with van der Waals surface area (Å²) >= 11 is 1.67. The van der Waals surface area contributed by atoms with Crippen LogP contribution < -0.4 is 10.5 Å². The SMILES string of the molecule is COc1cc(N)ccc1SCCC(C)(C)O. The Kier molecular flexibility index (Phi) is 4.50. The van der Waals surface area contributed by atoms with Crippen LogP contribution in [0, 0.1) is 0 Å². The molecule has 1 aromatic rings. The van der Waals surface area contributed by atoms with Gasteiger partial charge in [-0.15, -0.1) is 11.8 Å². The smallest absolute Gasteiger partial charge is 0.134 e. The molecule has 4 heteroatoms. The summed E-state index contributed by atoms with van der Waals surface area (Å²) in [6.45, 7) is 3.63. The lowest BCUT2D eigenvalue weighted by Crippen LogP contribution is -2.19. The molecule has 0 aromatic heterocycles. The normalized spacial score (nSPS) is 11.5. The highest BCUT2D eigenvalue weighted by atomic mass is 32.2. The van der Waals surface area contributed by atoms with E-state index in [1.165, 1.54) is 0 Å². The van der Waals surface area contributed by atoms with Gasteiger partial charge in [-0.05, 0) is 32.4 Å². The van der Waals surface area contributed by atoms with Crippen LogP contribution in [0.2, 0.25) is 0 Å². The fraction of sp³-hybridized carbons (Fsp3) is 0.500. The minimum atomic E-state index is -0.617. The molecule has 16 heavy (non-hydrogen) atoms. The summed E-state index contributed by atoms with van der Waals surface area (Å²) in [5.74, 6) is 1.64. The molecule has 3 nitrogen and oxygen atoms in total. The number of hydrogen-bond acceptors (Lipinski definition) is 4. The van der Waals surface area contributed by atoms with Gasteiger partial charge in [-0.25, -0.2) is 0 Å². The standard InChI is InChI=1S/C12H19NO2S/c1-12(2,14)6-7-16-11-5-4-9(13)8-10(11)15-3/h4-5,8,14H,6-7,13H2,1-3H3. The van der Waals surface area contributed by atoms with Crippen molar-refractivity contribution in [1.82, 2.24) is 0 Å². The third-order valence-corrected chi connectivity index (χ3v) is 3.22. The second-order valence-electron chi connectivity index (χ2n) is 4.32. The number of nitrogens with two attached hydrogens (primary N) is 1. The van der Waals surface area contributed by atoms with Crippen LogP contribution in [0.25, 0.3) is 0 Å². The summed E-state index contributed by atoms with van der Waals surface area (Å²) in [5, 5.41) is 9.60. The van der Waals surface area contributed by atoms with Gasteiger partial charge in [0.2, 0.25) is 0 Å². The zero-order valence-corrected chi connectivity index (χ0v) is 10.8. The summed E-state index contributed by atoms with van der Waals surface area (Å²) in [6, 6.07) is 5.62. The molecule has 0 spiro atoms. The Morgan fingerprint density at radius 1 is 1.44 bits per heavy atom. The third-order valence-electron chi connectivity index (χ3n) is 2.16. The van der Waals surface area contributed by atoms with Gasteiger partial charge in [-0.1, -0.05) is 0 Å². The average Bonchev–Trinajstić information content (AvgIpc) is 2.18. The lowest BCUT2D eigenvalue weighted by Gasteiger charge is -2.16. The van der Waals surface area contributed by atoms with Gasteiger partial charge >= 0.3 is 0 Å². The Morgan fingerprint density at radius 2 is 2.12 bits per heavy atom. The van der Waals surface area contributed by atoms with Crippen LogP contribution in [0.15, 0.2) is 23.1 Å². The zero-order valence-electron chi connectivity index (χ0n) is 9.99. The van der Waals surface area contributed by atoms with Gasteiger partial charge in [0.25, 0.3) is 0 Å². The fourth-order valence-corrected chi connectivity index (χ4v) is 2.48. The molecule has 1 rings (SSSR count). The highest BCUT2D eigenvalue weighted by Crippen LogP contribution is 2.32. The van der Waals surface area contributed by atoms with E-state index >= 15 is 0 Å². The lowest BCUT2D eigenvalue weighted by atomic mass is 10.1. The zero-order chi connectivity index (χ0) is 12.2. The van der Waals surface area contributed by atoms with E-state index in [4.69, 9.17) is 10.5 Å². The number of aliphatic hydroxyl groups is 1. The summed E-state index contributed by atoms with van der Waals surface area (Å²) in [7, 11) is 1.63. The molecule has 0 heterocycles. The Hall–Kier alpha value is -0.870. The molecule has 0 saturated carbocycles. The second kappa shape index (κ2) is 5.46. The van der Waals surface area contributed by atoms with Gasteiger partial charge in [-0.3, -0.25) is 0 Å². The van der Waals surface area contributed by atoms with Crippen LogP contribution in [0.5, 0.6) is 5.75 Å². The van der Waals surface area contributed by atoms with Crippen LogP contribution in [0.4, 0.5) is 5.69 Å². The Bertz CT molecular complexity index is 347. The van der Waals surface area contributed by atoms with Crippen molar-refractivity contribution in [3.8, 4) is 5.75 Å². The molecular weight excluding hydrogens is 222 g/mol. The van der Waals surface area contributed by atoms with Crippen molar-refractivity contribution in [3.63, 3.8) is 0 Å². The lowest BCUT2D eigenvalue weighted by molar-refractivity contribution is 0.0777. The van der Waals surface area contributed by atoms with E-state index in [0.717, 1.165) is 22.8 Å². The first-order chi connectivity index (χ1) is 7.42. The van der Waals surface area contributed by atoms with Gasteiger partial charge < -0.3 is 15.6 Å². The van der Waals surface area contributed by atoms with E-state index in [-0.39, 0.29) is 0 Å². The van der Waals surface area contributed by atoms with E-state index < -0.39 is 5.60 Å². The maximum absolute atomic E-state index is 9.60. The molecule has 0 unspecified atom stereocenters.